The van der Waals surface area contributed by atoms with Crippen molar-refractivity contribution in [3.63, 3.8) is 0 Å². The van der Waals surface area contributed by atoms with E-state index in [1.807, 2.05) is 0 Å². The minimum absolute atomic E-state index is 0.00230. The van der Waals surface area contributed by atoms with Gasteiger partial charge in [0.2, 0.25) is 0 Å². The number of hydrogen-bond donors (Lipinski definition) is 3. The van der Waals surface area contributed by atoms with Crippen LogP contribution in [0.4, 0.5) is 10.2 Å². The van der Waals surface area contributed by atoms with Crippen molar-refractivity contribution >= 4 is 34.4 Å². The van der Waals surface area contributed by atoms with E-state index in [-0.39, 0.29) is 11.9 Å². The quantitative estimate of drug-likeness (QED) is 0.625. The van der Waals surface area contributed by atoms with E-state index in [0.29, 0.717) is 34.9 Å². The van der Waals surface area contributed by atoms with Gasteiger partial charge in [0.05, 0.1) is 17.1 Å². The summed E-state index contributed by atoms with van der Waals surface area (Å²) in [6.07, 6.45) is 7.27. The highest BCUT2D eigenvalue weighted by atomic mass is 35.5. The van der Waals surface area contributed by atoms with E-state index in [0.717, 1.165) is 24.4 Å². The van der Waals surface area contributed by atoms with Crippen LogP contribution in [0.15, 0.2) is 24.7 Å². The summed E-state index contributed by atoms with van der Waals surface area (Å²) in [6.45, 7) is 0. The van der Waals surface area contributed by atoms with Crippen molar-refractivity contribution in [2.75, 3.05) is 5.32 Å². The number of carbonyl (C=O) groups is 1. The Morgan fingerprint density at radius 3 is 2.93 bits per heavy atom. The van der Waals surface area contributed by atoms with Gasteiger partial charge in [0.1, 0.15) is 5.65 Å². The zero-order valence-corrected chi connectivity index (χ0v) is 15.0. The maximum absolute atomic E-state index is 14.3. The van der Waals surface area contributed by atoms with Crippen molar-refractivity contribution in [3.8, 4) is 11.4 Å². The summed E-state index contributed by atoms with van der Waals surface area (Å²) < 4.78 is 14.3. The number of carboxylic acid groups (broad SMARTS) is 1. The van der Waals surface area contributed by atoms with E-state index < -0.39 is 17.7 Å². The van der Waals surface area contributed by atoms with Crippen LogP contribution >= 0.6 is 11.6 Å². The maximum Gasteiger partial charge on any atom is 0.308 e. The van der Waals surface area contributed by atoms with E-state index in [1.165, 1.54) is 6.20 Å². The second kappa shape index (κ2) is 7.11. The Morgan fingerprint density at radius 1 is 1.30 bits per heavy atom. The highest BCUT2D eigenvalue weighted by molar-refractivity contribution is 6.31. The van der Waals surface area contributed by atoms with E-state index in [9.17, 15) is 14.3 Å². The highest BCUT2D eigenvalue weighted by Gasteiger charge is 2.31. The lowest BCUT2D eigenvalue weighted by molar-refractivity contribution is -0.143. The number of rotatable bonds is 4. The predicted octanol–water partition coefficient (Wildman–Crippen LogP) is 3.87. The molecule has 1 aliphatic carbocycles. The molecule has 0 amide bonds. The number of fused-ring (bicyclic) bond motifs is 1. The number of pyridine rings is 1. The van der Waals surface area contributed by atoms with Gasteiger partial charge in [0.25, 0.3) is 0 Å². The lowest BCUT2D eigenvalue weighted by Crippen LogP contribution is -2.37. The monoisotopic (exact) mass is 389 g/mol. The molecule has 0 aromatic carbocycles. The fourth-order valence-corrected chi connectivity index (χ4v) is 3.69. The van der Waals surface area contributed by atoms with Crippen LogP contribution in [0.1, 0.15) is 25.7 Å². The first-order chi connectivity index (χ1) is 13.0. The minimum Gasteiger partial charge on any atom is -0.481 e. The molecule has 3 N–H and O–H groups in total. The molecule has 3 heterocycles. The number of hydrogen-bond acceptors (Lipinski definition) is 5. The molecule has 140 valence electrons. The molecule has 0 unspecified atom stereocenters. The molecule has 9 heteroatoms. The third-order valence-electron chi connectivity index (χ3n) is 4.89. The van der Waals surface area contributed by atoms with Crippen molar-refractivity contribution in [1.82, 2.24) is 19.9 Å². The average molecular weight is 390 g/mol. The highest BCUT2D eigenvalue weighted by Crippen LogP contribution is 2.30. The largest absolute Gasteiger partial charge is 0.481 e. The predicted molar refractivity (Wildman–Crippen MR) is 99.1 cm³/mol. The van der Waals surface area contributed by atoms with Gasteiger partial charge >= 0.3 is 5.97 Å². The molecule has 3 aromatic heterocycles. The zero-order valence-electron chi connectivity index (χ0n) is 14.2. The smallest absolute Gasteiger partial charge is 0.308 e. The number of anilines is 1. The van der Waals surface area contributed by atoms with Gasteiger partial charge in [-0.15, -0.1) is 0 Å². The van der Waals surface area contributed by atoms with Gasteiger partial charge in [-0.1, -0.05) is 24.4 Å². The average Bonchev–Trinajstić information content (AvgIpc) is 3.07. The number of H-pyrrole nitrogens is 1. The zero-order chi connectivity index (χ0) is 19.0. The number of carboxylic acids is 1. The van der Waals surface area contributed by atoms with Gasteiger partial charge in [0, 0.05) is 29.4 Å². The second-order valence-corrected chi connectivity index (χ2v) is 7.06. The maximum atomic E-state index is 14.3. The van der Waals surface area contributed by atoms with Gasteiger partial charge in [-0.05, 0) is 18.9 Å². The lowest BCUT2D eigenvalue weighted by Gasteiger charge is -2.29. The lowest BCUT2D eigenvalue weighted by atomic mass is 9.84. The van der Waals surface area contributed by atoms with Crippen molar-refractivity contribution in [1.29, 1.82) is 0 Å². The van der Waals surface area contributed by atoms with Crippen LogP contribution < -0.4 is 5.32 Å². The molecular weight excluding hydrogens is 373 g/mol. The molecule has 0 bridgehead atoms. The molecule has 2 atom stereocenters. The molecule has 1 fully saturated rings. The van der Waals surface area contributed by atoms with Crippen LogP contribution in [0.3, 0.4) is 0 Å². The summed E-state index contributed by atoms with van der Waals surface area (Å²) in [4.78, 5) is 27.1. The summed E-state index contributed by atoms with van der Waals surface area (Å²) in [5, 5.41) is 13.6. The van der Waals surface area contributed by atoms with Crippen molar-refractivity contribution < 1.29 is 14.3 Å². The molecule has 1 aliphatic rings. The number of aromatic nitrogens is 4. The van der Waals surface area contributed by atoms with E-state index >= 15 is 0 Å². The van der Waals surface area contributed by atoms with Gasteiger partial charge in [-0.3, -0.25) is 4.79 Å². The Balaban J connectivity index is 1.69. The molecule has 0 radical (unpaired) electrons. The van der Waals surface area contributed by atoms with Gasteiger partial charge in [0.15, 0.2) is 17.5 Å². The van der Waals surface area contributed by atoms with Crippen LogP contribution in [0, 0.1) is 11.7 Å². The molecule has 1 saturated carbocycles. The van der Waals surface area contributed by atoms with Crippen molar-refractivity contribution in [2.24, 2.45) is 5.92 Å². The fraction of sp³-hybridized carbons (Fsp3) is 0.333. The molecule has 0 aliphatic heterocycles. The van der Waals surface area contributed by atoms with Crippen LogP contribution in [0.25, 0.3) is 22.4 Å². The Hall–Kier alpha value is -2.74. The Labute approximate surface area is 159 Å². The third kappa shape index (κ3) is 3.44. The SMILES string of the molecule is O=C(O)[C@H]1CCCC[C@@H]1Nc1nc(-c2c[nH]c3ncc(Cl)cc23)ncc1F. The molecule has 0 spiro atoms. The van der Waals surface area contributed by atoms with Crippen LogP contribution in [-0.2, 0) is 4.79 Å². The molecule has 4 rings (SSSR count). The second-order valence-electron chi connectivity index (χ2n) is 6.62. The fourth-order valence-electron chi connectivity index (χ4n) is 3.54. The first kappa shape index (κ1) is 17.7. The van der Waals surface area contributed by atoms with E-state index in [1.54, 1.807) is 12.3 Å². The van der Waals surface area contributed by atoms with Crippen molar-refractivity contribution in [3.05, 3.63) is 35.5 Å². The van der Waals surface area contributed by atoms with E-state index in [4.69, 9.17) is 11.6 Å². The molecular formula is C18H17ClFN5O2. The topological polar surface area (TPSA) is 104 Å². The molecule has 7 nitrogen and oxygen atoms in total. The summed E-state index contributed by atoms with van der Waals surface area (Å²) in [5.74, 6) is -1.75. The standard InChI is InChI=1S/C18H17ClFN5O2/c19-9-5-11-12(7-22-15(11)21-6-9)16-23-8-13(20)17(25-16)24-14-4-2-1-3-10(14)18(26)27/h5-8,10,14H,1-4H2,(H,21,22)(H,26,27)(H,23,24,25)/t10-,14-/m0/s1. The van der Waals surface area contributed by atoms with Crippen LogP contribution in [-0.4, -0.2) is 37.1 Å². The number of aliphatic carboxylic acids is 1. The van der Waals surface area contributed by atoms with Gasteiger partial charge in [-0.2, -0.15) is 0 Å². The normalized spacial score (nSPS) is 19.9. The summed E-state index contributed by atoms with van der Waals surface area (Å²) in [5.41, 5.74) is 1.26. The van der Waals surface area contributed by atoms with Crippen LogP contribution in [0.5, 0.6) is 0 Å². The summed E-state index contributed by atoms with van der Waals surface area (Å²) >= 11 is 6.02. The Bertz CT molecular complexity index is 1010. The van der Waals surface area contributed by atoms with E-state index in [2.05, 4.69) is 25.3 Å². The van der Waals surface area contributed by atoms with Crippen molar-refractivity contribution in [2.45, 2.75) is 31.7 Å². The van der Waals surface area contributed by atoms with Crippen LogP contribution in [0.2, 0.25) is 5.02 Å². The first-order valence-corrected chi connectivity index (χ1v) is 9.05. The number of halogens is 2. The summed E-state index contributed by atoms with van der Waals surface area (Å²) in [6, 6.07) is 1.37. The Kier molecular flexibility index (Phi) is 4.65. The minimum atomic E-state index is -0.876. The van der Waals surface area contributed by atoms with Gasteiger partial charge < -0.3 is 15.4 Å². The molecule has 27 heavy (non-hydrogen) atoms. The van der Waals surface area contributed by atoms with Gasteiger partial charge in [-0.25, -0.2) is 19.3 Å². The number of nitrogens with one attached hydrogen (secondary N) is 2. The molecule has 0 saturated heterocycles. The number of nitrogens with zero attached hydrogens (tertiary/aromatic N) is 3. The first-order valence-electron chi connectivity index (χ1n) is 8.68. The number of aromatic amines is 1. The third-order valence-corrected chi connectivity index (χ3v) is 5.09. The molecule has 3 aromatic rings. The Morgan fingerprint density at radius 2 is 2.11 bits per heavy atom. The summed E-state index contributed by atoms with van der Waals surface area (Å²) in [7, 11) is 0.